The van der Waals surface area contributed by atoms with Crippen molar-refractivity contribution in [3.63, 3.8) is 0 Å². The monoisotopic (exact) mass is 432 g/mol. The summed E-state index contributed by atoms with van der Waals surface area (Å²) in [6.07, 6.45) is 0. The van der Waals surface area contributed by atoms with E-state index in [1.54, 1.807) is 11.3 Å². The van der Waals surface area contributed by atoms with Crippen molar-refractivity contribution < 1.29 is 4.79 Å². The first-order valence-corrected chi connectivity index (χ1v) is 10.2. The molecule has 0 aliphatic carbocycles. The fraction of sp³-hybridized carbons (Fsp3) is 0.364. The second-order valence-electron chi connectivity index (χ2n) is 7.63. The van der Waals surface area contributed by atoms with Gasteiger partial charge in [-0.2, -0.15) is 0 Å². The van der Waals surface area contributed by atoms with E-state index in [0.717, 1.165) is 33.1 Å². The molecule has 2 aromatic carbocycles. The molecule has 1 heterocycles. The average molecular weight is 433 g/mol. The predicted molar refractivity (Wildman–Crippen MR) is 127 cm³/mol. The Hall–Kier alpha value is -2.15. The summed E-state index contributed by atoms with van der Waals surface area (Å²) in [5.41, 5.74) is 5.09. The number of likely N-dealkylation sites (N-methyl/N-ethyl adjacent to an activating group) is 1. The number of fused-ring (bicyclic) bond motifs is 1. The van der Waals surface area contributed by atoms with Crippen molar-refractivity contribution in [1.82, 2.24) is 9.88 Å². The lowest BCUT2D eigenvalue weighted by atomic mass is 10.1. The zero-order chi connectivity index (χ0) is 20.4. The van der Waals surface area contributed by atoms with Gasteiger partial charge in [-0.25, -0.2) is 4.98 Å². The van der Waals surface area contributed by atoms with E-state index in [1.807, 2.05) is 62.3 Å². The number of rotatable bonds is 6. The zero-order valence-corrected chi connectivity index (χ0v) is 19.5. The molecular formula is C22H29ClN4OS. The van der Waals surface area contributed by atoms with Crippen LogP contribution in [-0.4, -0.2) is 57.1 Å². The maximum absolute atomic E-state index is 13.3. The number of amides is 1. The highest BCUT2D eigenvalue weighted by Crippen LogP contribution is 2.32. The molecule has 7 heteroatoms. The van der Waals surface area contributed by atoms with Crippen LogP contribution in [0.25, 0.3) is 10.2 Å². The fourth-order valence-corrected chi connectivity index (χ4v) is 4.28. The molecule has 0 bridgehead atoms. The van der Waals surface area contributed by atoms with E-state index >= 15 is 0 Å². The standard InChI is InChI=1S/C22H28N4OS.ClH/c1-15-13-16(2)20-19(14-15)28-22(23-20)26(12-11-24(3)4)21(27)17-7-9-18(10-8-17)25(5)6;/h7-10,13-14H,11-12H2,1-6H3;1H. The quantitative estimate of drug-likeness (QED) is 0.570. The van der Waals surface area contributed by atoms with Crippen LogP contribution in [-0.2, 0) is 0 Å². The predicted octanol–water partition coefficient (Wildman–Crippen LogP) is 4.61. The number of hydrogen-bond acceptors (Lipinski definition) is 5. The van der Waals surface area contributed by atoms with Gasteiger partial charge in [0.25, 0.3) is 5.91 Å². The van der Waals surface area contributed by atoms with E-state index in [0.29, 0.717) is 12.1 Å². The zero-order valence-electron chi connectivity index (χ0n) is 17.9. The first-order chi connectivity index (χ1) is 13.3. The third-order valence-corrected chi connectivity index (χ3v) is 5.72. The summed E-state index contributed by atoms with van der Waals surface area (Å²) < 4.78 is 1.12. The summed E-state index contributed by atoms with van der Waals surface area (Å²) >= 11 is 1.58. The Morgan fingerprint density at radius 2 is 1.66 bits per heavy atom. The molecule has 0 N–H and O–H groups in total. The van der Waals surface area contributed by atoms with Crippen LogP contribution in [0.4, 0.5) is 10.8 Å². The summed E-state index contributed by atoms with van der Waals surface area (Å²) in [5, 5.41) is 0.757. The number of aryl methyl sites for hydroxylation is 2. The Balaban J connectivity index is 0.00000300. The second-order valence-corrected chi connectivity index (χ2v) is 8.64. The molecule has 3 aromatic rings. The Labute approximate surface area is 183 Å². The van der Waals surface area contributed by atoms with Crippen molar-refractivity contribution in [3.05, 3.63) is 53.1 Å². The molecule has 0 saturated carbocycles. The molecule has 1 amide bonds. The van der Waals surface area contributed by atoms with Crippen molar-refractivity contribution in [2.75, 3.05) is 51.1 Å². The lowest BCUT2D eigenvalue weighted by Crippen LogP contribution is -2.36. The van der Waals surface area contributed by atoms with E-state index in [4.69, 9.17) is 4.98 Å². The molecule has 5 nitrogen and oxygen atoms in total. The first kappa shape index (κ1) is 23.1. The molecule has 0 aliphatic heterocycles. The highest BCUT2D eigenvalue weighted by Gasteiger charge is 2.22. The minimum atomic E-state index is -0.0133. The van der Waals surface area contributed by atoms with Crippen molar-refractivity contribution in [1.29, 1.82) is 0 Å². The van der Waals surface area contributed by atoms with Crippen LogP contribution in [0.5, 0.6) is 0 Å². The summed E-state index contributed by atoms with van der Waals surface area (Å²) in [6.45, 7) is 5.53. The van der Waals surface area contributed by atoms with Crippen molar-refractivity contribution in [2.24, 2.45) is 0 Å². The van der Waals surface area contributed by atoms with Gasteiger partial charge in [-0.3, -0.25) is 9.69 Å². The number of hydrogen-bond donors (Lipinski definition) is 0. The summed E-state index contributed by atoms with van der Waals surface area (Å²) in [4.78, 5) is 24.1. The smallest absolute Gasteiger partial charge is 0.260 e. The molecule has 0 unspecified atom stereocenters. The number of aromatic nitrogens is 1. The number of nitrogens with zero attached hydrogens (tertiary/aromatic N) is 4. The van der Waals surface area contributed by atoms with Gasteiger partial charge < -0.3 is 9.80 Å². The highest BCUT2D eigenvalue weighted by atomic mass is 35.5. The normalized spacial score (nSPS) is 10.9. The van der Waals surface area contributed by atoms with Crippen LogP contribution in [0.2, 0.25) is 0 Å². The second kappa shape index (κ2) is 9.57. The van der Waals surface area contributed by atoms with Gasteiger partial charge >= 0.3 is 0 Å². The molecule has 1 aromatic heterocycles. The van der Waals surface area contributed by atoms with Crippen LogP contribution < -0.4 is 9.80 Å². The Kier molecular flexibility index (Phi) is 7.63. The molecule has 0 saturated heterocycles. The Morgan fingerprint density at radius 3 is 2.24 bits per heavy atom. The van der Waals surface area contributed by atoms with Gasteiger partial charge in [0.05, 0.1) is 10.2 Å². The molecule has 29 heavy (non-hydrogen) atoms. The lowest BCUT2D eigenvalue weighted by molar-refractivity contribution is 0.0985. The van der Waals surface area contributed by atoms with Crippen LogP contribution in [0, 0.1) is 13.8 Å². The van der Waals surface area contributed by atoms with E-state index in [2.05, 4.69) is 30.9 Å². The molecule has 0 aliphatic rings. The van der Waals surface area contributed by atoms with Gasteiger partial charge in [0.15, 0.2) is 5.13 Å². The van der Waals surface area contributed by atoms with Crippen molar-refractivity contribution >= 4 is 50.7 Å². The average Bonchev–Trinajstić information content (AvgIpc) is 3.05. The van der Waals surface area contributed by atoms with E-state index in [1.165, 1.54) is 5.56 Å². The lowest BCUT2D eigenvalue weighted by Gasteiger charge is -2.22. The fourth-order valence-electron chi connectivity index (χ4n) is 3.12. The molecule has 0 fully saturated rings. The topological polar surface area (TPSA) is 39.7 Å². The van der Waals surface area contributed by atoms with Gasteiger partial charge in [0.2, 0.25) is 0 Å². The van der Waals surface area contributed by atoms with Crippen LogP contribution in [0.1, 0.15) is 21.5 Å². The third-order valence-electron chi connectivity index (χ3n) is 4.70. The van der Waals surface area contributed by atoms with Crippen molar-refractivity contribution in [2.45, 2.75) is 13.8 Å². The molecular weight excluding hydrogens is 404 g/mol. The number of anilines is 2. The molecule has 0 atom stereocenters. The van der Waals surface area contributed by atoms with E-state index < -0.39 is 0 Å². The van der Waals surface area contributed by atoms with Gasteiger partial charge in [-0.15, -0.1) is 12.4 Å². The minimum Gasteiger partial charge on any atom is -0.378 e. The largest absolute Gasteiger partial charge is 0.378 e. The third kappa shape index (κ3) is 5.26. The number of halogens is 1. The van der Waals surface area contributed by atoms with Gasteiger partial charge in [0, 0.05) is 38.4 Å². The van der Waals surface area contributed by atoms with Crippen LogP contribution in [0.3, 0.4) is 0 Å². The minimum absolute atomic E-state index is 0. The maximum Gasteiger partial charge on any atom is 0.260 e. The summed E-state index contributed by atoms with van der Waals surface area (Å²) in [7, 11) is 8.01. The van der Waals surface area contributed by atoms with Gasteiger partial charge in [0.1, 0.15) is 0 Å². The Morgan fingerprint density at radius 1 is 1.00 bits per heavy atom. The first-order valence-electron chi connectivity index (χ1n) is 9.38. The summed E-state index contributed by atoms with van der Waals surface area (Å²) in [6, 6.07) is 12.0. The number of thiazole rings is 1. The molecule has 3 rings (SSSR count). The van der Waals surface area contributed by atoms with Crippen LogP contribution >= 0.6 is 23.7 Å². The Bertz CT molecular complexity index is 982. The van der Waals surface area contributed by atoms with Crippen molar-refractivity contribution in [3.8, 4) is 0 Å². The van der Waals surface area contributed by atoms with Gasteiger partial charge in [-0.1, -0.05) is 17.4 Å². The van der Waals surface area contributed by atoms with E-state index in [-0.39, 0.29) is 18.3 Å². The highest BCUT2D eigenvalue weighted by molar-refractivity contribution is 7.22. The van der Waals surface area contributed by atoms with Gasteiger partial charge in [-0.05, 0) is 69.4 Å². The molecule has 156 valence electrons. The number of carbonyl (C=O) groups excluding carboxylic acids is 1. The number of carbonyl (C=O) groups is 1. The number of benzene rings is 2. The molecule has 0 spiro atoms. The van der Waals surface area contributed by atoms with Crippen LogP contribution in [0.15, 0.2) is 36.4 Å². The SMILES string of the molecule is Cc1cc(C)c2nc(N(CCN(C)C)C(=O)c3ccc(N(C)C)cc3)sc2c1.Cl. The summed E-state index contributed by atoms with van der Waals surface area (Å²) in [5.74, 6) is -0.0133. The molecule has 0 radical (unpaired) electrons. The maximum atomic E-state index is 13.3. The van der Waals surface area contributed by atoms with E-state index in [9.17, 15) is 4.79 Å².